The van der Waals surface area contributed by atoms with Crippen LogP contribution in [0.2, 0.25) is 10.0 Å². The summed E-state index contributed by atoms with van der Waals surface area (Å²) in [5.41, 5.74) is 2.49. The predicted molar refractivity (Wildman–Crippen MR) is 196 cm³/mol. The molecule has 0 spiro atoms. The molecule has 5 rings (SSSR count). The van der Waals surface area contributed by atoms with Crippen molar-refractivity contribution in [2.45, 2.75) is 23.5 Å². The van der Waals surface area contributed by atoms with Crippen LogP contribution in [0.1, 0.15) is 29.3 Å². The van der Waals surface area contributed by atoms with E-state index in [0.717, 1.165) is 10.5 Å². The van der Waals surface area contributed by atoms with Gasteiger partial charge in [0.2, 0.25) is 5.91 Å². The topological polar surface area (TPSA) is 143 Å². The monoisotopic (exact) mass is 731 g/mol. The number of anilines is 2. The first-order valence-electron chi connectivity index (χ1n) is 14.7. The van der Waals surface area contributed by atoms with Crippen LogP contribution in [0.3, 0.4) is 0 Å². The third-order valence-electron chi connectivity index (χ3n) is 6.93. The number of rotatable bonds is 12. The highest BCUT2D eigenvalue weighted by atomic mass is 35.5. The number of amides is 3. The van der Waals surface area contributed by atoms with Gasteiger partial charge in [0.15, 0.2) is 5.13 Å². The second-order valence-corrected chi connectivity index (χ2v) is 13.3. The largest absolute Gasteiger partial charge is 0.321 e. The third kappa shape index (κ3) is 9.55. The van der Waals surface area contributed by atoms with Crippen molar-refractivity contribution in [2.75, 3.05) is 10.6 Å². The van der Waals surface area contributed by atoms with Crippen LogP contribution in [-0.2, 0) is 9.59 Å². The van der Waals surface area contributed by atoms with Crippen LogP contribution in [0, 0.1) is 10.1 Å². The van der Waals surface area contributed by atoms with E-state index >= 15 is 0 Å². The molecular weight excluding hydrogens is 705 g/mol. The molecule has 1 aromatic heterocycles. The molecule has 10 nitrogen and oxygen atoms in total. The minimum absolute atomic E-state index is 0.0738. The number of hydrogen-bond donors (Lipinski definition) is 3. The first kappa shape index (κ1) is 35.3. The first-order chi connectivity index (χ1) is 23.6. The number of nitrogens with one attached hydrogen (secondary N) is 3. The van der Waals surface area contributed by atoms with Crippen molar-refractivity contribution in [1.29, 1.82) is 0 Å². The third-order valence-corrected chi connectivity index (χ3v) is 9.78. The SMILES string of the molecule is CCC(Sc1cccc(NC(=O)/C(=C\c2ccc([N+](=O)[O-])cc2)NC(=O)c2ccccc2)c1)C(=O)Nc1nc(-c2ccc(Cl)c(Cl)c2)cs1. The average molecular weight is 733 g/mol. The molecule has 0 saturated heterocycles. The smallest absolute Gasteiger partial charge is 0.272 e. The molecule has 49 heavy (non-hydrogen) atoms. The number of nitrogens with zero attached hydrogens (tertiary/aromatic N) is 2. The summed E-state index contributed by atoms with van der Waals surface area (Å²) in [7, 11) is 0. The maximum absolute atomic E-state index is 13.5. The average Bonchev–Trinajstić information content (AvgIpc) is 3.57. The molecule has 0 aliphatic carbocycles. The summed E-state index contributed by atoms with van der Waals surface area (Å²) in [6, 6.07) is 26.2. The van der Waals surface area contributed by atoms with Gasteiger partial charge in [0.05, 0.1) is 25.9 Å². The highest BCUT2D eigenvalue weighted by Gasteiger charge is 2.21. The van der Waals surface area contributed by atoms with E-state index in [4.69, 9.17) is 23.2 Å². The second kappa shape index (κ2) is 16.4. The minimum atomic E-state index is -0.615. The van der Waals surface area contributed by atoms with Crippen molar-refractivity contribution >= 4 is 86.6 Å². The van der Waals surface area contributed by atoms with Crippen molar-refractivity contribution < 1.29 is 19.3 Å². The van der Waals surface area contributed by atoms with Gasteiger partial charge in [-0.25, -0.2) is 4.98 Å². The molecule has 0 aliphatic rings. The lowest BCUT2D eigenvalue weighted by atomic mass is 10.1. The summed E-state index contributed by atoms with van der Waals surface area (Å²) in [6.07, 6.45) is 1.95. The molecule has 3 amide bonds. The second-order valence-electron chi connectivity index (χ2n) is 10.4. The molecule has 248 valence electrons. The van der Waals surface area contributed by atoms with Crippen LogP contribution in [0.15, 0.2) is 113 Å². The molecule has 3 N–H and O–H groups in total. The van der Waals surface area contributed by atoms with Crippen LogP contribution in [0.5, 0.6) is 0 Å². The normalized spacial score (nSPS) is 11.8. The molecule has 5 aromatic rings. The zero-order valence-corrected chi connectivity index (χ0v) is 28.8. The Morgan fingerprint density at radius 2 is 1.69 bits per heavy atom. The number of hydrogen-bond acceptors (Lipinski definition) is 8. The first-order valence-corrected chi connectivity index (χ1v) is 17.2. The quantitative estimate of drug-likeness (QED) is 0.0503. The van der Waals surface area contributed by atoms with Crippen molar-refractivity contribution in [3.8, 4) is 11.3 Å². The van der Waals surface area contributed by atoms with Gasteiger partial charge in [0.25, 0.3) is 17.5 Å². The molecule has 1 unspecified atom stereocenters. The number of carbonyl (C=O) groups is 3. The lowest BCUT2D eigenvalue weighted by Gasteiger charge is -2.15. The molecule has 1 atom stereocenters. The number of benzene rings is 4. The fourth-order valence-corrected chi connectivity index (χ4v) is 6.47. The standard InChI is InChI=1S/C35H27Cl2N5O5S2/c1-2-31(34(45)41-35-40-30(20-48-35)23-13-16-27(36)28(37)18-23)49-26-10-6-9-24(19-26)38-33(44)29(39-32(43)22-7-4-3-5-8-22)17-21-11-14-25(15-12-21)42(46)47/h3-20,31H,2H2,1H3,(H,38,44)(H,39,43)(H,40,41,45)/b29-17+. The summed E-state index contributed by atoms with van der Waals surface area (Å²) < 4.78 is 0. The van der Waals surface area contributed by atoms with Crippen molar-refractivity contribution in [2.24, 2.45) is 0 Å². The van der Waals surface area contributed by atoms with Gasteiger partial charge in [0.1, 0.15) is 5.70 Å². The molecule has 14 heteroatoms. The van der Waals surface area contributed by atoms with Crippen LogP contribution >= 0.6 is 46.3 Å². The van der Waals surface area contributed by atoms with E-state index in [1.165, 1.54) is 53.4 Å². The summed E-state index contributed by atoms with van der Waals surface area (Å²) >= 11 is 14.8. The number of nitro benzene ring substituents is 1. The van der Waals surface area contributed by atoms with Gasteiger partial charge >= 0.3 is 0 Å². The Balaban J connectivity index is 1.28. The summed E-state index contributed by atoms with van der Waals surface area (Å²) in [5, 5.41) is 22.1. The lowest BCUT2D eigenvalue weighted by molar-refractivity contribution is -0.384. The fraction of sp³-hybridized carbons (Fsp3) is 0.0857. The number of thiazole rings is 1. The molecular formula is C35H27Cl2N5O5S2. The fourth-order valence-electron chi connectivity index (χ4n) is 4.44. The number of aromatic nitrogens is 1. The van der Waals surface area contributed by atoms with E-state index < -0.39 is 22.0 Å². The van der Waals surface area contributed by atoms with Gasteiger partial charge < -0.3 is 16.0 Å². The zero-order valence-electron chi connectivity index (χ0n) is 25.7. The Kier molecular flexibility index (Phi) is 11.8. The maximum atomic E-state index is 13.5. The molecule has 1 heterocycles. The summed E-state index contributed by atoms with van der Waals surface area (Å²) in [4.78, 5) is 55.5. The molecule has 4 aromatic carbocycles. The number of nitro groups is 1. The molecule has 0 bridgehead atoms. The van der Waals surface area contributed by atoms with E-state index in [2.05, 4.69) is 20.9 Å². The van der Waals surface area contributed by atoms with Crippen molar-refractivity contribution in [3.05, 3.63) is 139 Å². The molecule has 0 aliphatic heterocycles. The van der Waals surface area contributed by atoms with Crippen LogP contribution in [-0.4, -0.2) is 32.9 Å². The Morgan fingerprint density at radius 3 is 2.39 bits per heavy atom. The minimum Gasteiger partial charge on any atom is -0.321 e. The van der Waals surface area contributed by atoms with E-state index in [1.54, 1.807) is 66.7 Å². The zero-order chi connectivity index (χ0) is 34.9. The van der Waals surface area contributed by atoms with Gasteiger partial charge in [-0.05, 0) is 72.7 Å². The highest BCUT2D eigenvalue weighted by molar-refractivity contribution is 8.00. The Bertz CT molecular complexity index is 2040. The van der Waals surface area contributed by atoms with E-state index in [-0.39, 0.29) is 17.3 Å². The molecule has 0 saturated carbocycles. The van der Waals surface area contributed by atoms with E-state index in [0.29, 0.717) is 44.1 Å². The Labute approximate surface area is 299 Å². The van der Waals surface area contributed by atoms with Gasteiger partial charge in [0, 0.05) is 39.2 Å². The van der Waals surface area contributed by atoms with Crippen molar-refractivity contribution in [1.82, 2.24) is 10.3 Å². The van der Waals surface area contributed by atoms with E-state index in [9.17, 15) is 24.5 Å². The number of carbonyl (C=O) groups excluding carboxylic acids is 3. The predicted octanol–water partition coefficient (Wildman–Crippen LogP) is 8.94. The van der Waals surface area contributed by atoms with Crippen LogP contribution in [0.4, 0.5) is 16.5 Å². The number of non-ortho nitro benzene ring substituents is 1. The molecule has 0 radical (unpaired) electrons. The molecule has 0 fully saturated rings. The summed E-state index contributed by atoms with van der Waals surface area (Å²) in [5.74, 6) is -1.35. The Hall–Kier alpha value is -5.01. The number of thioether (sulfide) groups is 1. The van der Waals surface area contributed by atoms with Gasteiger partial charge in [-0.2, -0.15) is 0 Å². The maximum Gasteiger partial charge on any atom is 0.272 e. The lowest BCUT2D eigenvalue weighted by Crippen LogP contribution is -2.30. The number of halogens is 2. The van der Waals surface area contributed by atoms with Crippen molar-refractivity contribution in [3.63, 3.8) is 0 Å². The van der Waals surface area contributed by atoms with E-state index in [1.807, 2.05) is 18.4 Å². The van der Waals surface area contributed by atoms with Gasteiger partial charge in [-0.3, -0.25) is 24.5 Å². The summed E-state index contributed by atoms with van der Waals surface area (Å²) in [6.45, 7) is 1.90. The van der Waals surface area contributed by atoms with Crippen LogP contribution in [0.25, 0.3) is 17.3 Å². The van der Waals surface area contributed by atoms with Crippen LogP contribution < -0.4 is 16.0 Å². The highest BCUT2D eigenvalue weighted by Crippen LogP contribution is 2.32. The van der Waals surface area contributed by atoms with Gasteiger partial charge in [-0.15, -0.1) is 23.1 Å². The van der Waals surface area contributed by atoms with Gasteiger partial charge in [-0.1, -0.05) is 60.5 Å². The Morgan fingerprint density at radius 1 is 0.939 bits per heavy atom.